The molecule has 0 radical (unpaired) electrons. The van der Waals surface area contributed by atoms with Gasteiger partial charge in [0.2, 0.25) is 5.91 Å². The first-order valence-electron chi connectivity index (χ1n) is 10.6. The van der Waals surface area contributed by atoms with Crippen LogP contribution in [0.5, 0.6) is 0 Å². The molecule has 1 unspecified atom stereocenters. The Morgan fingerprint density at radius 2 is 1.77 bits per heavy atom. The topological polar surface area (TPSA) is 63.1 Å². The standard InChI is InChI=1S/C23H26FN5OS/c1-17(22(30)25-20-13-7-6-12-19(20)24)31-23-27-26-21(16-28-14-8-3-9-15-28)29(23)18-10-4-2-5-11-18/h2,4-7,10-13,17H,3,8-9,14-16H2,1H3,(H,25,30). The molecule has 8 heteroatoms. The van der Waals surface area contributed by atoms with Crippen LogP contribution in [0.2, 0.25) is 0 Å². The average molecular weight is 440 g/mol. The van der Waals surface area contributed by atoms with E-state index in [1.165, 1.54) is 37.1 Å². The van der Waals surface area contributed by atoms with Crippen LogP contribution >= 0.6 is 11.8 Å². The molecule has 1 amide bonds. The summed E-state index contributed by atoms with van der Waals surface area (Å²) in [6, 6.07) is 16.1. The van der Waals surface area contributed by atoms with Crippen LogP contribution < -0.4 is 5.32 Å². The molecule has 0 bridgehead atoms. The van der Waals surface area contributed by atoms with Gasteiger partial charge in [-0.15, -0.1) is 10.2 Å². The predicted octanol–water partition coefficient (Wildman–Crippen LogP) is 4.51. The number of carbonyl (C=O) groups is 1. The fraction of sp³-hybridized carbons (Fsp3) is 0.348. The van der Waals surface area contributed by atoms with E-state index in [1.54, 1.807) is 25.1 Å². The Morgan fingerprint density at radius 1 is 1.06 bits per heavy atom. The third-order valence-corrected chi connectivity index (χ3v) is 6.35. The Kier molecular flexibility index (Phi) is 6.99. The number of benzene rings is 2. The smallest absolute Gasteiger partial charge is 0.237 e. The largest absolute Gasteiger partial charge is 0.323 e. The first-order chi connectivity index (χ1) is 15.1. The summed E-state index contributed by atoms with van der Waals surface area (Å²) in [7, 11) is 0. The molecule has 1 aliphatic rings. The van der Waals surface area contributed by atoms with Crippen molar-refractivity contribution in [2.75, 3.05) is 18.4 Å². The van der Waals surface area contributed by atoms with E-state index in [1.807, 2.05) is 34.9 Å². The molecule has 0 aliphatic carbocycles. The number of aromatic nitrogens is 3. The highest BCUT2D eigenvalue weighted by Crippen LogP contribution is 2.27. The van der Waals surface area contributed by atoms with Crippen LogP contribution in [0.3, 0.4) is 0 Å². The van der Waals surface area contributed by atoms with Gasteiger partial charge in [0, 0.05) is 5.69 Å². The fourth-order valence-corrected chi connectivity index (χ4v) is 4.53. The molecule has 6 nitrogen and oxygen atoms in total. The molecule has 4 rings (SSSR count). The van der Waals surface area contributed by atoms with Gasteiger partial charge in [-0.1, -0.05) is 48.5 Å². The summed E-state index contributed by atoms with van der Waals surface area (Å²) in [6.07, 6.45) is 3.68. The van der Waals surface area contributed by atoms with Crippen molar-refractivity contribution in [2.45, 2.75) is 43.1 Å². The third kappa shape index (κ3) is 5.32. The Bertz CT molecular complexity index is 1020. The maximum absolute atomic E-state index is 13.9. The SMILES string of the molecule is CC(Sc1nnc(CN2CCCCC2)n1-c1ccccc1)C(=O)Nc1ccccc1F. The zero-order chi connectivity index (χ0) is 21.6. The van der Waals surface area contributed by atoms with Crippen molar-refractivity contribution in [3.05, 3.63) is 66.2 Å². The van der Waals surface area contributed by atoms with Gasteiger partial charge in [-0.25, -0.2) is 4.39 Å². The summed E-state index contributed by atoms with van der Waals surface area (Å²) in [5.41, 5.74) is 1.14. The van der Waals surface area contributed by atoms with E-state index in [9.17, 15) is 9.18 Å². The molecule has 1 aromatic heterocycles. The average Bonchev–Trinajstić information content (AvgIpc) is 3.18. The summed E-state index contributed by atoms with van der Waals surface area (Å²) in [4.78, 5) is 15.1. The summed E-state index contributed by atoms with van der Waals surface area (Å²) in [6.45, 7) is 4.63. The van der Waals surface area contributed by atoms with Crippen LogP contribution in [0, 0.1) is 5.82 Å². The lowest BCUT2D eigenvalue weighted by Crippen LogP contribution is -2.30. The number of amides is 1. The van der Waals surface area contributed by atoms with Crippen molar-refractivity contribution in [2.24, 2.45) is 0 Å². The van der Waals surface area contributed by atoms with Gasteiger partial charge in [-0.3, -0.25) is 14.3 Å². The molecular weight excluding hydrogens is 413 g/mol. The number of para-hydroxylation sites is 2. The number of nitrogens with one attached hydrogen (secondary N) is 1. The molecule has 31 heavy (non-hydrogen) atoms. The molecule has 0 spiro atoms. The number of thioether (sulfide) groups is 1. The molecule has 2 aromatic carbocycles. The van der Waals surface area contributed by atoms with Gasteiger partial charge in [-0.05, 0) is 57.1 Å². The van der Waals surface area contributed by atoms with Gasteiger partial charge in [-0.2, -0.15) is 0 Å². The number of piperidine rings is 1. The van der Waals surface area contributed by atoms with E-state index in [0.29, 0.717) is 5.16 Å². The van der Waals surface area contributed by atoms with E-state index < -0.39 is 11.1 Å². The van der Waals surface area contributed by atoms with Crippen molar-refractivity contribution in [1.82, 2.24) is 19.7 Å². The molecule has 162 valence electrons. The fourth-order valence-electron chi connectivity index (χ4n) is 3.64. The summed E-state index contributed by atoms with van der Waals surface area (Å²) < 4.78 is 15.9. The molecular formula is C23H26FN5OS. The number of anilines is 1. The normalized spacial score (nSPS) is 15.5. The Morgan fingerprint density at radius 3 is 2.52 bits per heavy atom. The number of halogens is 1. The van der Waals surface area contributed by atoms with Gasteiger partial charge >= 0.3 is 0 Å². The highest BCUT2D eigenvalue weighted by atomic mass is 32.2. The van der Waals surface area contributed by atoms with Gasteiger partial charge < -0.3 is 5.32 Å². The van der Waals surface area contributed by atoms with Gasteiger partial charge in [0.05, 0.1) is 17.5 Å². The monoisotopic (exact) mass is 439 g/mol. The van der Waals surface area contributed by atoms with E-state index in [-0.39, 0.29) is 11.6 Å². The summed E-state index contributed by atoms with van der Waals surface area (Å²) >= 11 is 1.32. The molecule has 2 heterocycles. The second kappa shape index (κ2) is 10.1. The first kappa shape index (κ1) is 21.5. The predicted molar refractivity (Wildman–Crippen MR) is 121 cm³/mol. The second-order valence-corrected chi connectivity index (χ2v) is 8.94. The lowest BCUT2D eigenvalue weighted by molar-refractivity contribution is -0.115. The second-order valence-electron chi connectivity index (χ2n) is 7.64. The molecule has 0 saturated carbocycles. The van der Waals surface area contributed by atoms with Gasteiger partial charge in [0.25, 0.3) is 0 Å². The number of carbonyl (C=O) groups excluding carboxylic acids is 1. The third-order valence-electron chi connectivity index (χ3n) is 5.31. The highest BCUT2D eigenvalue weighted by molar-refractivity contribution is 8.00. The van der Waals surface area contributed by atoms with Crippen molar-refractivity contribution >= 4 is 23.4 Å². The highest BCUT2D eigenvalue weighted by Gasteiger charge is 2.23. The number of nitrogens with zero attached hydrogens (tertiary/aromatic N) is 4. The molecule has 1 N–H and O–H groups in total. The Hall–Kier alpha value is -2.71. The Balaban J connectivity index is 1.54. The number of rotatable bonds is 7. The van der Waals surface area contributed by atoms with Crippen LogP contribution in [-0.2, 0) is 11.3 Å². The summed E-state index contributed by atoms with van der Waals surface area (Å²) in [5, 5.41) is 11.7. The Labute approximate surface area is 185 Å². The minimum absolute atomic E-state index is 0.176. The molecule has 1 aliphatic heterocycles. The van der Waals surface area contributed by atoms with Crippen LogP contribution in [0.25, 0.3) is 5.69 Å². The molecule has 1 atom stereocenters. The number of hydrogen-bond donors (Lipinski definition) is 1. The quantitative estimate of drug-likeness (QED) is 0.549. The molecule has 1 saturated heterocycles. The van der Waals surface area contributed by atoms with Gasteiger partial charge in [0.1, 0.15) is 5.82 Å². The zero-order valence-electron chi connectivity index (χ0n) is 17.5. The minimum Gasteiger partial charge on any atom is -0.323 e. The van der Waals surface area contributed by atoms with Crippen molar-refractivity contribution in [1.29, 1.82) is 0 Å². The van der Waals surface area contributed by atoms with Gasteiger partial charge in [0.15, 0.2) is 11.0 Å². The first-order valence-corrected chi connectivity index (χ1v) is 11.4. The maximum Gasteiger partial charge on any atom is 0.237 e. The van der Waals surface area contributed by atoms with Crippen molar-refractivity contribution < 1.29 is 9.18 Å². The van der Waals surface area contributed by atoms with Crippen LogP contribution in [0.15, 0.2) is 59.8 Å². The molecule has 3 aromatic rings. The van der Waals surface area contributed by atoms with E-state index >= 15 is 0 Å². The summed E-state index contributed by atoms with van der Waals surface area (Å²) in [5.74, 6) is 0.122. The number of hydrogen-bond acceptors (Lipinski definition) is 5. The molecule has 1 fully saturated rings. The lowest BCUT2D eigenvalue weighted by atomic mass is 10.1. The van der Waals surface area contributed by atoms with Crippen molar-refractivity contribution in [3.8, 4) is 5.69 Å². The van der Waals surface area contributed by atoms with E-state index in [4.69, 9.17) is 0 Å². The minimum atomic E-state index is -0.478. The zero-order valence-corrected chi connectivity index (χ0v) is 18.3. The maximum atomic E-state index is 13.9. The van der Waals surface area contributed by atoms with Crippen LogP contribution in [0.4, 0.5) is 10.1 Å². The van der Waals surface area contributed by atoms with E-state index in [2.05, 4.69) is 20.4 Å². The van der Waals surface area contributed by atoms with Crippen LogP contribution in [-0.4, -0.2) is 43.9 Å². The van der Waals surface area contributed by atoms with Crippen molar-refractivity contribution in [3.63, 3.8) is 0 Å². The number of likely N-dealkylation sites (tertiary alicyclic amines) is 1. The van der Waals surface area contributed by atoms with E-state index in [0.717, 1.165) is 31.1 Å². The lowest BCUT2D eigenvalue weighted by Gasteiger charge is -2.26. The van der Waals surface area contributed by atoms with Crippen LogP contribution in [0.1, 0.15) is 32.0 Å².